The van der Waals surface area contributed by atoms with Crippen LogP contribution in [0.3, 0.4) is 0 Å². The molecular formula is C56H34N4OSi. The average Bonchev–Trinajstić information content (AvgIpc) is 3.98. The molecule has 288 valence electrons. The van der Waals surface area contributed by atoms with E-state index < -0.39 is 8.07 Å². The van der Waals surface area contributed by atoms with Gasteiger partial charge in [-0.2, -0.15) is 10.5 Å². The van der Waals surface area contributed by atoms with Gasteiger partial charge in [0.2, 0.25) is 0 Å². The second-order valence-electron chi connectivity index (χ2n) is 15.9. The van der Waals surface area contributed by atoms with Gasteiger partial charge in [0.1, 0.15) is 11.2 Å². The van der Waals surface area contributed by atoms with Crippen molar-refractivity contribution in [1.82, 2.24) is 9.13 Å². The summed E-state index contributed by atoms with van der Waals surface area (Å²) >= 11 is 0. The minimum atomic E-state index is -3.23. The summed E-state index contributed by atoms with van der Waals surface area (Å²) in [5, 5.41) is 31.9. The highest BCUT2D eigenvalue weighted by Gasteiger charge is 2.42. The normalized spacial score (nSPS) is 11.8. The highest BCUT2D eigenvalue weighted by Crippen LogP contribution is 2.38. The molecule has 0 aliphatic carbocycles. The molecule has 9 aromatic carbocycles. The van der Waals surface area contributed by atoms with Gasteiger partial charge in [-0.1, -0.05) is 127 Å². The predicted octanol–water partition coefficient (Wildman–Crippen LogP) is 10.9. The molecule has 62 heavy (non-hydrogen) atoms. The standard InChI is InChI=1S/C56H34N4OSi/c57-35-37-26-27-53-48(30-37)45-20-7-11-24-52(45)60(53)40-28-38(36-58)29-44(32-40)62(41-15-3-1-4-16-41,42-17-5-2-6-18-42)43-19-13-14-39(31-43)59-51-23-10-8-21-46(51)49-34-56-50(33-54(49)59)47-22-9-12-25-55(47)61-56/h1-34H. The number of nitriles is 2. The van der Waals surface area contributed by atoms with E-state index in [9.17, 15) is 10.5 Å². The molecule has 0 aliphatic rings. The number of fused-ring (bicyclic) bond motifs is 9. The summed E-state index contributed by atoms with van der Waals surface area (Å²) < 4.78 is 11.1. The van der Waals surface area contributed by atoms with Gasteiger partial charge in [0, 0.05) is 43.7 Å². The molecule has 0 N–H and O–H groups in total. The van der Waals surface area contributed by atoms with Gasteiger partial charge in [-0.15, -0.1) is 0 Å². The number of aromatic nitrogens is 2. The summed E-state index contributed by atoms with van der Waals surface area (Å²) in [7, 11) is -3.23. The predicted molar refractivity (Wildman–Crippen MR) is 255 cm³/mol. The molecule has 12 aromatic rings. The Hall–Kier alpha value is -8.42. The highest BCUT2D eigenvalue weighted by molar-refractivity contribution is 7.20. The lowest BCUT2D eigenvalue weighted by atomic mass is 10.1. The van der Waals surface area contributed by atoms with Gasteiger partial charge in [-0.05, 0) is 99.6 Å². The van der Waals surface area contributed by atoms with Gasteiger partial charge < -0.3 is 13.6 Å². The van der Waals surface area contributed by atoms with Crippen LogP contribution in [0.25, 0.3) is 76.9 Å². The second-order valence-corrected chi connectivity index (χ2v) is 19.7. The maximum atomic E-state index is 10.9. The molecule has 0 amide bonds. The largest absolute Gasteiger partial charge is 0.456 e. The number of hydrogen-bond acceptors (Lipinski definition) is 3. The molecule has 0 aliphatic heterocycles. The van der Waals surface area contributed by atoms with Crippen molar-refractivity contribution in [2.45, 2.75) is 0 Å². The molecule has 0 fully saturated rings. The van der Waals surface area contributed by atoms with Crippen molar-refractivity contribution in [1.29, 1.82) is 10.5 Å². The summed E-state index contributed by atoms with van der Waals surface area (Å²) in [6.07, 6.45) is 0. The fourth-order valence-electron chi connectivity index (χ4n) is 10.1. The van der Waals surface area contributed by atoms with E-state index in [4.69, 9.17) is 4.42 Å². The lowest BCUT2D eigenvalue weighted by Crippen LogP contribution is -2.74. The Morgan fingerprint density at radius 1 is 0.339 bits per heavy atom. The number of para-hydroxylation sites is 3. The maximum Gasteiger partial charge on any atom is 0.179 e. The van der Waals surface area contributed by atoms with Crippen LogP contribution < -0.4 is 20.7 Å². The zero-order valence-corrected chi connectivity index (χ0v) is 34.3. The summed E-state index contributed by atoms with van der Waals surface area (Å²) in [6.45, 7) is 0. The fourth-order valence-corrected chi connectivity index (χ4v) is 14.9. The zero-order valence-electron chi connectivity index (χ0n) is 33.3. The first-order valence-electron chi connectivity index (χ1n) is 20.7. The first-order valence-corrected chi connectivity index (χ1v) is 22.7. The summed E-state index contributed by atoms with van der Waals surface area (Å²) in [4.78, 5) is 0. The Bertz CT molecular complexity index is 3810. The fraction of sp³-hybridized carbons (Fsp3) is 0. The molecule has 12 rings (SSSR count). The van der Waals surface area contributed by atoms with E-state index in [0.29, 0.717) is 11.1 Å². The van der Waals surface area contributed by atoms with Crippen molar-refractivity contribution in [3.8, 4) is 23.5 Å². The highest BCUT2D eigenvalue weighted by atomic mass is 28.3. The Labute approximate surface area is 357 Å². The molecule has 0 spiro atoms. The van der Waals surface area contributed by atoms with Crippen LogP contribution in [0, 0.1) is 22.7 Å². The Kier molecular flexibility index (Phi) is 7.92. The summed E-state index contributed by atoms with van der Waals surface area (Å²) in [6, 6.07) is 77.7. The van der Waals surface area contributed by atoms with Crippen LogP contribution in [0.15, 0.2) is 211 Å². The lowest BCUT2D eigenvalue weighted by Gasteiger charge is -2.35. The zero-order chi connectivity index (χ0) is 41.4. The minimum absolute atomic E-state index is 0.579. The molecule has 0 bridgehead atoms. The molecule has 5 nitrogen and oxygen atoms in total. The van der Waals surface area contributed by atoms with Crippen molar-refractivity contribution in [3.05, 3.63) is 217 Å². The van der Waals surface area contributed by atoms with Crippen molar-refractivity contribution in [2.75, 3.05) is 0 Å². The van der Waals surface area contributed by atoms with Gasteiger partial charge in [0.15, 0.2) is 8.07 Å². The average molecular weight is 807 g/mol. The monoisotopic (exact) mass is 806 g/mol. The molecule has 3 aromatic heterocycles. The van der Waals surface area contributed by atoms with Crippen LogP contribution in [-0.4, -0.2) is 17.2 Å². The van der Waals surface area contributed by atoms with E-state index in [1.807, 2.05) is 48.5 Å². The molecular weight excluding hydrogens is 773 g/mol. The van der Waals surface area contributed by atoms with Gasteiger partial charge in [-0.3, -0.25) is 0 Å². The van der Waals surface area contributed by atoms with Crippen molar-refractivity contribution >= 4 is 94.4 Å². The van der Waals surface area contributed by atoms with E-state index in [1.165, 1.54) is 15.6 Å². The van der Waals surface area contributed by atoms with Crippen LogP contribution in [-0.2, 0) is 0 Å². The van der Waals surface area contributed by atoms with Gasteiger partial charge in [0.05, 0.1) is 45.3 Å². The van der Waals surface area contributed by atoms with Crippen molar-refractivity contribution < 1.29 is 4.42 Å². The third-order valence-electron chi connectivity index (χ3n) is 12.7. The van der Waals surface area contributed by atoms with Crippen LogP contribution in [0.5, 0.6) is 0 Å². The molecule has 0 atom stereocenters. The second kappa shape index (κ2) is 13.8. The molecule has 0 saturated heterocycles. The molecule has 0 saturated carbocycles. The summed E-state index contributed by atoms with van der Waals surface area (Å²) in [5.41, 5.74) is 9.09. The first-order chi connectivity index (χ1) is 30.6. The summed E-state index contributed by atoms with van der Waals surface area (Å²) in [5.74, 6) is 0. The number of benzene rings is 9. The minimum Gasteiger partial charge on any atom is -0.456 e. The van der Waals surface area contributed by atoms with E-state index in [-0.39, 0.29) is 0 Å². The third-order valence-corrected chi connectivity index (χ3v) is 17.4. The third kappa shape index (κ3) is 5.18. The van der Waals surface area contributed by atoms with Crippen molar-refractivity contribution in [2.24, 2.45) is 0 Å². The van der Waals surface area contributed by atoms with E-state index in [1.54, 1.807) is 0 Å². The van der Waals surface area contributed by atoms with Crippen LogP contribution in [0.4, 0.5) is 0 Å². The first kappa shape index (κ1) is 35.5. The van der Waals surface area contributed by atoms with E-state index in [0.717, 1.165) is 82.1 Å². The van der Waals surface area contributed by atoms with Gasteiger partial charge in [0.25, 0.3) is 0 Å². The molecule has 0 unspecified atom stereocenters. The topological polar surface area (TPSA) is 70.6 Å². The van der Waals surface area contributed by atoms with E-state index >= 15 is 0 Å². The van der Waals surface area contributed by atoms with Crippen LogP contribution >= 0.6 is 0 Å². The van der Waals surface area contributed by atoms with Gasteiger partial charge in [-0.25, -0.2) is 0 Å². The van der Waals surface area contributed by atoms with E-state index in [2.05, 4.69) is 179 Å². The number of nitrogens with zero attached hydrogens (tertiary/aromatic N) is 4. The number of hydrogen-bond donors (Lipinski definition) is 0. The van der Waals surface area contributed by atoms with Crippen LogP contribution in [0.1, 0.15) is 11.1 Å². The Morgan fingerprint density at radius 3 is 1.60 bits per heavy atom. The van der Waals surface area contributed by atoms with Crippen molar-refractivity contribution in [3.63, 3.8) is 0 Å². The smallest absolute Gasteiger partial charge is 0.179 e. The molecule has 0 radical (unpaired) electrons. The van der Waals surface area contributed by atoms with Crippen LogP contribution in [0.2, 0.25) is 0 Å². The van der Waals surface area contributed by atoms with Gasteiger partial charge >= 0.3 is 0 Å². The quantitative estimate of drug-likeness (QED) is 0.124. The molecule has 6 heteroatoms. The maximum absolute atomic E-state index is 10.9. The lowest BCUT2D eigenvalue weighted by molar-refractivity contribution is 0.669. The SMILES string of the molecule is N#Cc1cc(-n2c3ccccc3c3cc(C#N)ccc32)cc([Si](c2ccccc2)(c2ccccc2)c2cccc(-n3c4ccccc4c4cc5oc6ccccc6c5cc43)c2)c1. The Morgan fingerprint density at radius 2 is 0.903 bits per heavy atom. The number of rotatable bonds is 6. The number of furan rings is 1. The molecule has 3 heterocycles. The Balaban J connectivity index is 1.17.